The molecule has 0 heterocycles. The molecule has 4 atom stereocenters. The lowest BCUT2D eigenvalue weighted by molar-refractivity contribution is -0.124. The number of rotatable bonds is 22. The average Bonchev–Trinajstić information content (AvgIpc) is 3.06. The molecule has 4 N–H and O–H groups in total. The Morgan fingerprint density at radius 3 is 2.23 bits per heavy atom. The van der Waals surface area contributed by atoms with Crippen LogP contribution in [-0.2, 0) is 21.1 Å². The maximum Gasteiger partial charge on any atom is 0.416 e. The van der Waals surface area contributed by atoms with Crippen molar-refractivity contribution in [2.45, 2.75) is 102 Å². The van der Waals surface area contributed by atoms with Gasteiger partial charge in [-0.15, -0.1) is 0 Å². The Bertz CT molecular complexity index is 1570. The fraction of sp³-hybridized carbons (Fsp3) is 0.513. The molecule has 7 nitrogen and oxygen atoms in total. The van der Waals surface area contributed by atoms with Crippen molar-refractivity contribution in [3.05, 3.63) is 107 Å². The zero-order valence-corrected chi connectivity index (χ0v) is 31.4. The van der Waals surface area contributed by atoms with Crippen LogP contribution in [0.15, 0.2) is 90.2 Å². The highest BCUT2D eigenvalue weighted by atomic mass is 32.2. The Hall–Kier alpha value is -3.55. The molecule has 1 aliphatic carbocycles. The quantitative estimate of drug-likeness (QED) is 0.0730. The molecule has 13 heteroatoms. The summed E-state index contributed by atoms with van der Waals surface area (Å²) in [5, 5.41) is 19.2. The van der Waals surface area contributed by atoms with E-state index in [-0.39, 0.29) is 35.7 Å². The van der Waals surface area contributed by atoms with Gasteiger partial charge in [0.2, 0.25) is 5.91 Å². The van der Waals surface area contributed by atoms with Crippen LogP contribution >= 0.6 is 0 Å². The number of aliphatic hydroxyl groups is 1. The smallest absolute Gasteiger partial charge is 0.390 e. The highest BCUT2D eigenvalue weighted by Crippen LogP contribution is 2.27. The molecule has 0 aliphatic heterocycles. The maximum absolute atomic E-state index is 14.2. The van der Waals surface area contributed by atoms with Crippen molar-refractivity contribution in [2.24, 2.45) is 5.92 Å². The third-order valence-electron chi connectivity index (χ3n) is 8.84. The second kappa shape index (κ2) is 21.2. The van der Waals surface area contributed by atoms with Gasteiger partial charge in [-0.25, -0.2) is 17.2 Å². The highest BCUT2D eigenvalue weighted by molar-refractivity contribution is 7.92. The number of carbonyl (C=O) groups is 1. The molecule has 1 aliphatic rings. The molecule has 0 aromatic heterocycles. The number of halogens is 5. The Balaban J connectivity index is 2.41. The zero-order valence-electron chi connectivity index (χ0n) is 30.5. The van der Waals surface area contributed by atoms with Crippen LogP contribution in [0.25, 0.3) is 0 Å². The molecule has 1 aromatic rings. The Morgan fingerprint density at radius 2 is 1.67 bits per heavy atom. The first-order valence-electron chi connectivity index (χ1n) is 17.7. The van der Waals surface area contributed by atoms with E-state index in [1.54, 1.807) is 0 Å². The molecule has 0 radical (unpaired) electrons. The standard InChI is InChI=1S/C39H54F5N3O4S/c1-7-12-34(13-8-2)52(50,51)25-36(46-27(6)26(5)16-17-31(10-4)39(42,43)44)38(49)47-35(21-30-19-32(40)22-33(41)20-30)37(48)24-45-23-29-15-11-14-28(9-3)18-29/h10-11,14,16-20,22,29,34-37,45-46,48H,5-9,12-13,15,21,23-25H2,1-4H3,(H,47,49)/b17-16-,31-10+/t29?,35-,36?,37+/m0/s1. The van der Waals surface area contributed by atoms with Gasteiger partial charge in [-0.1, -0.05) is 82.7 Å². The number of aliphatic hydroxyl groups excluding tert-OH is 1. The summed E-state index contributed by atoms with van der Waals surface area (Å²) < 4.78 is 95.6. The van der Waals surface area contributed by atoms with Crippen LogP contribution in [0.4, 0.5) is 22.0 Å². The molecule has 0 fully saturated rings. The Kier molecular flexibility index (Phi) is 18.2. The minimum absolute atomic E-state index is 0.00941. The maximum atomic E-state index is 14.2. The molecule has 0 saturated heterocycles. The summed E-state index contributed by atoms with van der Waals surface area (Å²) in [7, 11) is -3.93. The summed E-state index contributed by atoms with van der Waals surface area (Å²) in [5.74, 6) is -3.10. The molecular weight excluding hydrogens is 702 g/mol. The van der Waals surface area contributed by atoms with Gasteiger partial charge in [-0.05, 0) is 74.3 Å². The minimum atomic E-state index is -4.62. The van der Waals surface area contributed by atoms with E-state index >= 15 is 0 Å². The molecule has 0 saturated carbocycles. The van der Waals surface area contributed by atoms with Gasteiger partial charge >= 0.3 is 6.18 Å². The van der Waals surface area contributed by atoms with E-state index in [1.165, 1.54) is 12.5 Å². The minimum Gasteiger partial charge on any atom is -0.390 e. The van der Waals surface area contributed by atoms with Crippen LogP contribution in [0.2, 0.25) is 0 Å². The van der Waals surface area contributed by atoms with Gasteiger partial charge in [0.25, 0.3) is 0 Å². The molecule has 0 spiro atoms. The van der Waals surface area contributed by atoms with E-state index < -0.39 is 68.3 Å². The van der Waals surface area contributed by atoms with Gasteiger partial charge in [0.1, 0.15) is 17.7 Å². The first-order valence-corrected chi connectivity index (χ1v) is 19.4. The van der Waals surface area contributed by atoms with Crippen LogP contribution in [0.5, 0.6) is 0 Å². The fourth-order valence-corrected chi connectivity index (χ4v) is 8.11. The molecule has 1 aromatic carbocycles. The van der Waals surface area contributed by atoms with Crippen LogP contribution in [0.3, 0.4) is 0 Å². The second-order valence-electron chi connectivity index (χ2n) is 13.1. The van der Waals surface area contributed by atoms with Gasteiger partial charge in [-0.3, -0.25) is 4.79 Å². The van der Waals surface area contributed by atoms with E-state index in [0.29, 0.717) is 38.3 Å². The molecule has 1 amide bonds. The molecular formula is C39H54F5N3O4S. The highest BCUT2D eigenvalue weighted by Gasteiger charge is 2.34. The van der Waals surface area contributed by atoms with E-state index in [0.717, 1.165) is 43.2 Å². The summed E-state index contributed by atoms with van der Waals surface area (Å²) in [4.78, 5) is 14.0. The van der Waals surface area contributed by atoms with Gasteiger partial charge in [-0.2, -0.15) is 13.2 Å². The predicted octanol–water partition coefficient (Wildman–Crippen LogP) is 7.33. The first kappa shape index (κ1) is 44.6. The largest absolute Gasteiger partial charge is 0.416 e. The molecule has 290 valence electrons. The van der Waals surface area contributed by atoms with Gasteiger partial charge in [0, 0.05) is 24.9 Å². The number of hydrogen-bond donors (Lipinski definition) is 4. The second-order valence-corrected chi connectivity index (χ2v) is 15.4. The van der Waals surface area contributed by atoms with Crippen molar-refractivity contribution in [3.8, 4) is 0 Å². The normalized spacial score (nSPS) is 17.2. The molecule has 2 rings (SSSR count). The summed E-state index contributed by atoms with van der Waals surface area (Å²) in [6.07, 6.45) is 6.43. The van der Waals surface area contributed by atoms with E-state index in [9.17, 15) is 40.3 Å². The van der Waals surface area contributed by atoms with E-state index in [2.05, 4.69) is 54.3 Å². The third-order valence-corrected chi connectivity index (χ3v) is 11.1. The summed E-state index contributed by atoms with van der Waals surface area (Å²) in [6, 6.07) is 0.198. The van der Waals surface area contributed by atoms with Crippen LogP contribution in [0, 0.1) is 17.6 Å². The van der Waals surface area contributed by atoms with Crippen molar-refractivity contribution >= 4 is 15.7 Å². The number of alkyl halides is 3. The first-order chi connectivity index (χ1) is 24.4. The Labute approximate surface area is 305 Å². The van der Waals surface area contributed by atoms with Crippen molar-refractivity contribution in [1.29, 1.82) is 0 Å². The topological polar surface area (TPSA) is 108 Å². The lowest BCUT2D eigenvalue weighted by Crippen LogP contribution is -2.56. The van der Waals surface area contributed by atoms with E-state index in [4.69, 9.17) is 0 Å². The van der Waals surface area contributed by atoms with Crippen molar-refractivity contribution in [2.75, 3.05) is 18.8 Å². The number of nitrogens with one attached hydrogen (secondary N) is 3. The van der Waals surface area contributed by atoms with Gasteiger partial charge < -0.3 is 21.1 Å². The monoisotopic (exact) mass is 755 g/mol. The fourth-order valence-electron chi connectivity index (χ4n) is 5.95. The van der Waals surface area contributed by atoms with Crippen LogP contribution in [0.1, 0.15) is 71.8 Å². The predicted molar refractivity (Wildman–Crippen MR) is 198 cm³/mol. The molecule has 52 heavy (non-hydrogen) atoms. The summed E-state index contributed by atoms with van der Waals surface area (Å²) >= 11 is 0. The van der Waals surface area contributed by atoms with Crippen LogP contribution < -0.4 is 16.0 Å². The number of sulfone groups is 1. The SMILES string of the molecule is C=C(/C=C\C(=C/C)C(F)(F)F)C(=C)NC(CS(=O)(=O)C(CCC)CCC)C(=O)N[C@@H](Cc1cc(F)cc(F)c1)[C@H](O)CNCC1C=C(CC)C=CC1. The number of allylic oxidation sites excluding steroid dienone is 7. The lowest BCUT2D eigenvalue weighted by Gasteiger charge is -2.29. The Morgan fingerprint density at radius 1 is 1.04 bits per heavy atom. The summed E-state index contributed by atoms with van der Waals surface area (Å²) in [6.45, 7) is 15.0. The van der Waals surface area contributed by atoms with Gasteiger partial charge in [0.15, 0.2) is 9.84 Å². The lowest BCUT2D eigenvalue weighted by atomic mass is 9.94. The number of amides is 1. The van der Waals surface area contributed by atoms with Crippen molar-refractivity contribution < 1.29 is 40.3 Å². The van der Waals surface area contributed by atoms with Crippen molar-refractivity contribution in [1.82, 2.24) is 16.0 Å². The number of benzene rings is 1. The molecule has 2 unspecified atom stereocenters. The average molecular weight is 756 g/mol. The third kappa shape index (κ3) is 14.8. The number of hydrogen-bond acceptors (Lipinski definition) is 6. The van der Waals surface area contributed by atoms with Gasteiger partial charge in [0.05, 0.1) is 28.7 Å². The summed E-state index contributed by atoms with van der Waals surface area (Å²) in [5.41, 5.74) is 0.254. The zero-order chi connectivity index (χ0) is 39.1. The van der Waals surface area contributed by atoms with E-state index in [1.807, 2.05) is 13.8 Å². The van der Waals surface area contributed by atoms with Crippen LogP contribution in [-0.4, -0.2) is 67.9 Å². The molecule has 0 bridgehead atoms. The number of carbonyl (C=O) groups excluding carboxylic acids is 1. The van der Waals surface area contributed by atoms with Crippen molar-refractivity contribution in [3.63, 3.8) is 0 Å².